The predicted molar refractivity (Wildman–Crippen MR) is 103 cm³/mol. The van der Waals surface area contributed by atoms with Crippen LogP contribution in [-0.4, -0.2) is 73.7 Å². The van der Waals surface area contributed by atoms with E-state index in [4.69, 9.17) is 4.74 Å². The highest BCUT2D eigenvalue weighted by molar-refractivity contribution is 5.85. The standard InChI is InChI=1S/C21H31N3O2/c1-22-12-6-5-11-21(20(22)25)17-24(15-16-26-21)19-9-13-23(14-10-19)18-7-3-2-4-8-18/h2-4,7-8,19H,5-6,9-17H2,1H3. The number of amides is 1. The number of likely N-dealkylation sites (N-methyl/N-ethyl adjacent to an activating group) is 1. The SMILES string of the molecule is CN1CCCCC2(CN(C3CCN(c4ccccc4)CC3)CCO2)C1=O. The van der Waals surface area contributed by atoms with E-state index in [-0.39, 0.29) is 5.91 Å². The number of para-hydroxylation sites is 1. The van der Waals surface area contributed by atoms with Gasteiger partial charge in [-0.15, -0.1) is 0 Å². The molecule has 3 heterocycles. The highest BCUT2D eigenvalue weighted by Crippen LogP contribution is 2.32. The quantitative estimate of drug-likeness (QED) is 0.814. The molecule has 4 rings (SSSR count). The van der Waals surface area contributed by atoms with Crippen LogP contribution in [0.4, 0.5) is 5.69 Å². The van der Waals surface area contributed by atoms with Gasteiger partial charge in [0, 0.05) is 51.5 Å². The van der Waals surface area contributed by atoms with Crippen molar-refractivity contribution in [3.63, 3.8) is 0 Å². The van der Waals surface area contributed by atoms with Crippen molar-refractivity contribution < 1.29 is 9.53 Å². The fraction of sp³-hybridized carbons (Fsp3) is 0.667. The molecule has 5 nitrogen and oxygen atoms in total. The molecule has 1 aromatic rings. The van der Waals surface area contributed by atoms with Crippen molar-refractivity contribution in [1.29, 1.82) is 0 Å². The molecule has 1 aromatic carbocycles. The molecule has 142 valence electrons. The van der Waals surface area contributed by atoms with Gasteiger partial charge in [-0.1, -0.05) is 18.2 Å². The molecule has 1 atom stereocenters. The minimum Gasteiger partial charge on any atom is -0.371 e. The van der Waals surface area contributed by atoms with Gasteiger partial charge in [0.25, 0.3) is 5.91 Å². The number of hydrogen-bond acceptors (Lipinski definition) is 4. The van der Waals surface area contributed by atoms with Crippen molar-refractivity contribution in [2.45, 2.75) is 43.7 Å². The third-order valence-electron chi connectivity index (χ3n) is 6.38. The summed E-state index contributed by atoms with van der Waals surface area (Å²) in [5, 5.41) is 0. The first-order chi connectivity index (χ1) is 12.7. The molecule has 3 aliphatic rings. The summed E-state index contributed by atoms with van der Waals surface area (Å²) in [7, 11) is 1.93. The molecule has 3 saturated heterocycles. The van der Waals surface area contributed by atoms with Crippen LogP contribution in [0.25, 0.3) is 0 Å². The van der Waals surface area contributed by atoms with Crippen LogP contribution in [0.1, 0.15) is 32.1 Å². The van der Waals surface area contributed by atoms with E-state index in [9.17, 15) is 4.79 Å². The maximum Gasteiger partial charge on any atom is 0.255 e. The summed E-state index contributed by atoms with van der Waals surface area (Å²) < 4.78 is 6.14. The van der Waals surface area contributed by atoms with Gasteiger partial charge in [0.1, 0.15) is 0 Å². The van der Waals surface area contributed by atoms with Gasteiger partial charge in [0.15, 0.2) is 5.60 Å². The maximum atomic E-state index is 13.0. The molecule has 3 fully saturated rings. The predicted octanol–water partition coefficient (Wildman–Crippen LogP) is 2.37. The Kier molecular flexibility index (Phi) is 5.18. The summed E-state index contributed by atoms with van der Waals surface area (Å²) >= 11 is 0. The number of morpholine rings is 1. The molecule has 5 heteroatoms. The van der Waals surface area contributed by atoms with Crippen LogP contribution in [0.5, 0.6) is 0 Å². The van der Waals surface area contributed by atoms with Crippen molar-refractivity contribution in [2.24, 2.45) is 0 Å². The Morgan fingerprint density at radius 2 is 1.81 bits per heavy atom. The average molecular weight is 357 g/mol. The fourth-order valence-corrected chi connectivity index (χ4v) is 4.85. The third-order valence-corrected chi connectivity index (χ3v) is 6.38. The van der Waals surface area contributed by atoms with Gasteiger partial charge >= 0.3 is 0 Å². The number of hydrogen-bond donors (Lipinski definition) is 0. The number of likely N-dealkylation sites (tertiary alicyclic amines) is 1. The number of ether oxygens (including phenoxy) is 1. The van der Waals surface area contributed by atoms with Crippen molar-refractivity contribution in [3.05, 3.63) is 30.3 Å². The zero-order valence-electron chi connectivity index (χ0n) is 15.9. The Labute approximate surface area is 156 Å². The molecular formula is C21H31N3O2. The van der Waals surface area contributed by atoms with Crippen molar-refractivity contribution in [3.8, 4) is 0 Å². The topological polar surface area (TPSA) is 36.0 Å². The largest absolute Gasteiger partial charge is 0.371 e. The molecule has 1 unspecified atom stereocenters. The lowest BCUT2D eigenvalue weighted by Crippen LogP contribution is -2.62. The first kappa shape index (κ1) is 17.8. The van der Waals surface area contributed by atoms with Gasteiger partial charge in [-0.3, -0.25) is 9.69 Å². The first-order valence-electron chi connectivity index (χ1n) is 10.1. The number of rotatable bonds is 2. The van der Waals surface area contributed by atoms with E-state index in [2.05, 4.69) is 40.1 Å². The van der Waals surface area contributed by atoms with Crippen LogP contribution >= 0.6 is 0 Å². The highest BCUT2D eigenvalue weighted by atomic mass is 16.5. The molecule has 0 bridgehead atoms. The van der Waals surface area contributed by atoms with Gasteiger partial charge in [-0.2, -0.15) is 0 Å². The normalized spacial score (nSPS) is 29.2. The van der Waals surface area contributed by atoms with Gasteiger partial charge in [-0.25, -0.2) is 0 Å². The van der Waals surface area contributed by atoms with Gasteiger partial charge in [-0.05, 0) is 44.2 Å². The fourth-order valence-electron chi connectivity index (χ4n) is 4.85. The third kappa shape index (κ3) is 3.47. The Morgan fingerprint density at radius 3 is 2.58 bits per heavy atom. The van der Waals surface area contributed by atoms with E-state index in [1.807, 2.05) is 11.9 Å². The Hall–Kier alpha value is -1.59. The number of benzene rings is 1. The summed E-state index contributed by atoms with van der Waals surface area (Å²) in [6.45, 7) is 5.44. The first-order valence-corrected chi connectivity index (χ1v) is 10.1. The Balaban J connectivity index is 1.40. The second-order valence-corrected chi connectivity index (χ2v) is 8.05. The molecule has 3 aliphatic heterocycles. The summed E-state index contributed by atoms with van der Waals surface area (Å²) in [4.78, 5) is 19.9. The van der Waals surface area contributed by atoms with Crippen LogP contribution in [0.2, 0.25) is 0 Å². The van der Waals surface area contributed by atoms with E-state index in [1.54, 1.807) is 0 Å². The molecule has 1 amide bonds. The smallest absolute Gasteiger partial charge is 0.255 e. The van der Waals surface area contributed by atoms with Gasteiger partial charge in [0.05, 0.1) is 6.61 Å². The Morgan fingerprint density at radius 1 is 1.04 bits per heavy atom. The van der Waals surface area contributed by atoms with Crippen molar-refractivity contribution in [1.82, 2.24) is 9.80 Å². The van der Waals surface area contributed by atoms with Crippen LogP contribution in [0.15, 0.2) is 30.3 Å². The van der Waals surface area contributed by atoms with Crippen LogP contribution in [-0.2, 0) is 9.53 Å². The summed E-state index contributed by atoms with van der Waals surface area (Å²) in [5.41, 5.74) is 0.727. The van der Waals surface area contributed by atoms with Crippen LogP contribution < -0.4 is 4.90 Å². The lowest BCUT2D eigenvalue weighted by atomic mass is 9.92. The highest BCUT2D eigenvalue weighted by Gasteiger charge is 2.47. The number of carbonyl (C=O) groups excluding carboxylic acids is 1. The van der Waals surface area contributed by atoms with Crippen molar-refractivity contribution >= 4 is 11.6 Å². The number of anilines is 1. The monoisotopic (exact) mass is 357 g/mol. The van der Waals surface area contributed by atoms with E-state index in [0.29, 0.717) is 12.6 Å². The number of carbonyl (C=O) groups is 1. The molecule has 1 spiro atoms. The summed E-state index contributed by atoms with van der Waals surface area (Å²) in [5.74, 6) is 0.196. The summed E-state index contributed by atoms with van der Waals surface area (Å²) in [6.07, 6.45) is 5.36. The van der Waals surface area contributed by atoms with Gasteiger partial charge in [0.2, 0.25) is 0 Å². The lowest BCUT2D eigenvalue weighted by molar-refractivity contribution is -0.172. The van der Waals surface area contributed by atoms with Gasteiger partial charge < -0.3 is 14.5 Å². The molecule has 0 N–H and O–H groups in total. The van der Waals surface area contributed by atoms with Crippen LogP contribution in [0, 0.1) is 0 Å². The second kappa shape index (κ2) is 7.57. The average Bonchev–Trinajstić information content (AvgIpc) is 2.83. The van der Waals surface area contributed by atoms with E-state index in [0.717, 1.165) is 64.8 Å². The zero-order valence-corrected chi connectivity index (χ0v) is 15.9. The lowest BCUT2D eigenvalue weighted by Gasteiger charge is -2.47. The summed E-state index contributed by atoms with van der Waals surface area (Å²) in [6, 6.07) is 11.3. The molecule has 0 aromatic heterocycles. The Bertz CT molecular complexity index is 615. The zero-order chi connectivity index (χ0) is 18.0. The molecular weight excluding hydrogens is 326 g/mol. The van der Waals surface area contributed by atoms with E-state index in [1.165, 1.54) is 5.69 Å². The number of piperidine rings is 1. The number of nitrogens with zero attached hydrogens (tertiary/aromatic N) is 3. The minimum atomic E-state index is -0.597. The van der Waals surface area contributed by atoms with Crippen molar-refractivity contribution in [2.75, 3.05) is 51.3 Å². The molecule has 0 radical (unpaired) electrons. The van der Waals surface area contributed by atoms with Crippen LogP contribution in [0.3, 0.4) is 0 Å². The molecule has 0 saturated carbocycles. The minimum absolute atomic E-state index is 0.196. The van der Waals surface area contributed by atoms with E-state index >= 15 is 0 Å². The van der Waals surface area contributed by atoms with E-state index < -0.39 is 5.60 Å². The maximum absolute atomic E-state index is 13.0. The second-order valence-electron chi connectivity index (χ2n) is 8.05. The molecule has 0 aliphatic carbocycles. The molecule has 26 heavy (non-hydrogen) atoms.